The van der Waals surface area contributed by atoms with Gasteiger partial charge in [-0.25, -0.2) is 4.79 Å². The molecule has 0 bridgehead atoms. The van der Waals surface area contributed by atoms with Crippen LogP contribution in [0.15, 0.2) is 23.8 Å². The van der Waals surface area contributed by atoms with Crippen LogP contribution < -0.4 is 5.32 Å². The third kappa shape index (κ3) is 7.20. The quantitative estimate of drug-likeness (QED) is 0.518. The lowest BCUT2D eigenvalue weighted by Crippen LogP contribution is -2.38. The van der Waals surface area contributed by atoms with Crippen LogP contribution in [0.1, 0.15) is 57.8 Å². The van der Waals surface area contributed by atoms with Gasteiger partial charge in [0.05, 0.1) is 0 Å². The minimum Gasteiger partial charge on any atom is -0.461 e. The first kappa shape index (κ1) is 18.6. The topological polar surface area (TPSA) is 58.6 Å². The van der Waals surface area contributed by atoms with Crippen LogP contribution in [0.5, 0.6) is 0 Å². The van der Waals surface area contributed by atoms with Crippen molar-refractivity contribution >= 4 is 12.0 Å². The molecule has 2 aliphatic rings. The Bertz CT molecular complexity index is 465. The summed E-state index contributed by atoms with van der Waals surface area (Å²) in [6.07, 6.45) is 15.0. The van der Waals surface area contributed by atoms with Crippen molar-refractivity contribution in [2.24, 2.45) is 0 Å². The molecule has 0 radical (unpaired) electrons. The number of esters is 1. The predicted molar refractivity (Wildman–Crippen MR) is 94.7 cm³/mol. The van der Waals surface area contributed by atoms with E-state index in [-0.39, 0.29) is 12.0 Å². The summed E-state index contributed by atoms with van der Waals surface area (Å²) >= 11 is 0. The third-order valence-electron chi connectivity index (χ3n) is 4.45. The number of allylic oxidation sites excluding steroid dienone is 2. The number of amides is 2. The van der Waals surface area contributed by atoms with Crippen molar-refractivity contribution in [3.63, 3.8) is 0 Å². The fourth-order valence-corrected chi connectivity index (χ4v) is 2.99. The Morgan fingerprint density at radius 3 is 2.62 bits per heavy atom. The lowest BCUT2D eigenvalue weighted by molar-refractivity contribution is -0.142. The van der Waals surface area contributed by atoms with Gasteiger partial charge in [0, 0.05) is 26.1 Å². The zero-order valence-corrected chi connectivity index (χ0v) is 14.6. The number of carbonyl (C=O) groups is 2. The maximum absolute atomic E-state index is 11.8. The lowest BCUT2D eigenvalue weighted by Gasteiger charge is -2.15. The summed E-state index contributed by atoms with van der Waals surface area (Å²) in [5, 5.41) is 2.96. The van der Waals surface area contributed by atoms with Crippen LogP contribution in [0.25, 0.3) is 0 Å². The molecular formula is C19H30N2O3. The summed E-state index contributed by atoms with van der Waals surface area (Å²) in [5.74, 6) is -0.114. The Hall–Kier alpha value is -1.78. The van der Waals surface area contributed by atoms with Crippen molar-refractivity contribution in [1.29, 1.82) is 0 Å². The first-order valence-corrected chi connectivity index (χ1v) is 9.29. The smallest absolute Gasteiger partial charge is 0.317 e. The number of nitrogens with one attached hydrogen (secondary N) is 1. The summed E-state index contributed by atoms with van der Waals surface area (Å²) < 4.78 is 5.28. The molecular weight excluding hydrogens is 304 g/mol. The maximum Gasteiger partial charge on any atom is 0.317 e. The molecule has 1 fully saturated rings. The largest absolute Gasteiger partial charge is 0.461 e. The number of nitrogens with zero attached hydrogens (tertiary/aromatic N) is 1. The van der Waals surface area contributed by atoms with Crippen molar-refractivity contribution in [3.05, 3.63) is 23.8 Å². The molecule has 0 unspecified atom stereocenters. The number of ether oxygens (including phenoxy) is 1. The van der Waals surface area contributed by atoms with Gasteiger partial charge in [-0.2, -0.15) is 0 Å². The SMILES string of the molecule is O=C(CCCCCCNC(=O)N1CCCC1)OCC1=CCCC=C1. The van der Waals surface area contributed by atoms with Gasteiger partial charge in [-0.3, -0.25) is 4.79 Å². The van der Waals surface area contributed by atoms with Crippen molar-refractivity contribution < 1.29 is 14.3 Å². The predicted octanol–water partition coefficient (Wildman–Crippen LogP) is 3.56. The van der Waals surface area contributed by atoms with E-state index in [1.54, 1.807) is 0 Å². The number of hydrogen-bond donors (Lipinski definition) is 1. The van der Waals surface area contributed by atoms with Gasteiger partial charge in [-0.1, -0.05) is 31.1 Å². The monoisotopic (exact) mass is 334 g/mol. The van der Waals surface area contributed by atoms with E-state index in [1.807, 2.05) is 11.0 Å². The van der Waals surface area contributed by atoms with Crippen molar-refractivity contribution in [2.75, 3.05) is 26.2 Å². The summed E-state index contributed by atoms with van der Waals surface area (Å²) in [6.45, 7) is 2.90. The van der Waals surface area contributed by atoms with Crippen LogP contribution in [0.4, 0.5) is 4.79 Å². The van der Waals surface area contributed by atoms with Crippen LogP contribution in [0.2, 0.25) is 0 Å². The average Bonchev–Trinajstić information content (AvgIpc) is 3.14. The molecule has 0 saturated carbocycles. The summed E-state index contributed by atoms with van der Waals surface area (Å²) in [7, 11) is 0. The molecule has 2 rings (SSSR count). The van der Waals surface area contributed by atoms with E-state index < -0.39 is 0 Å². The molecule has 0 aromatic rings. The molecule has 0 atom stereocenters. The Kier molecular flexibility index (Phi) is 8.42. The van der Waals surface area contributed by atoms with E-state index in [9.17, 15) is 9.59 Å². The summed E-state index contributed by atoms with van der Waals surface area (Å²) in [6, 6.07) is 0.0714. The first-order valence-electron chi connectivity index (χ1n) is 9.29. The van der Waals surface area contributed by atoms with Gasteiger partial charge >= 0.3 is 12.0 Å². The van der Waals surface area contributed by atoms with Gasteiger partial charge in [0.25, 0.3) is 0 Å². The molecule has 2 amide bonds. The van der Waals surface area contributed by atoms with Gasteiger partial charge < -0.3 is 15.0 Å². The third-order valence-corrected chi connectivity index (χ3v) is 4.45. The number of likely N-dealkylation sites (tertiary alicyclic amines) is 1. The van der Waals surface area contributed by atoms with Crippen LogP contribution in [0.3, 0.4) is 0 Å². The van der Waals surface area contributed by atoms with E-state index in [1.165, 1.54) is 0 Å². The molecule has 1 N–H and O–H groups in total. The fraction of sp³-hybridized carbons (Fsp3) is 0.684. The van der Waals surface area contributed by atoms with Crippen LogP contribution >= 0.6 is 0 Å². The van der Waals surface area contributed by atoms with Gasteiger partial charge in [-0.05, 0) is 44.1 Å². The van der Waals surface area contributed by atoms with E-state index >= 15 is 0 Å². The highest BCUT2D eigenvalue weighted by Crippen LogP contribution is 2.11. The highest BCUT2D eigenvalue weighted by Gasteiger charge is 2.16. The van der Waals surface area contributed by atoms with E-state index in [4.69, 9.17) is 4.74 Å². The fourth-order valence-electron chi connectivity index (χ4n) is 2.99. The molecule has 5 nitrogen and oxygen atoms in total. The van der Waals surface area contributed by atoms with Crippen molar-refractivity contribution in [3.8, 4) is 0 Å². The lowest BCUT2D eigenvalue weighted by atomic mass is 10.1. The van der Waals surface area contributed by atoms with Gasteiger partial charge in [0.2, 0.25) is 0 Å². The molecule has 0 spiro atoms. The summed E-state index contributed by atoms with van der Waals surface area (Å²) in [4.78, 5) is 25.3. The van der Waals surface area contributed by atoms with E-state index in [0.717, 1.165) is 76.6 Å². The minimum absolute atomic E-state index is 0.0714. The Labute approximate surface area is 145 Å². The highest BCUT2D eigenvalue weighted by molar-refractivity contribution is 5.74. The van der Waals surface area contributed by atoms with Crippen LogP contribution in [-0.2, 0) is 9.53 Å². The second-order valence-electron chi connectivity index (χ2n) is 6.51. The van der Waals surface area contributed by atoms with Gasteiger partial charge in [0.15, 0.2) is 0 Å². The van der Waals surface area contributed by atoms with Gasteiger partial charge in [-0.15, -0.1) is 0 Å². The number of carbonyl (C=O) groups excluding carboxylic acids is 2. The molecule has 24 heavy (non-hydrogen) atoms. The second kappa shape index (κ2) is 10.9. The zero-order valence-electron chi connectivity index (χ0n) is 14.6. The van der Waals surface area contributed by atoms with Crippen LogP contribution in [0, 0.1) is 0 Å². The molecule has 5 heteroatoms. The normalized spacial score (nSPS) is 16.8. The van der Waals surface area contributed by atoms with E-state index in [2.05, 4.69) is 17.5 Å². The number of hydrogen-bond acceptors (Lipinski definition) is 3. The standard InChI is InChI=1S/C19H30N2O3/c22-18(24-16-17-10-4-3-5-11-17)12-6-1-2-7-13-20-19(23)21-14-8-9-15-21/h4,10-11H,1-3,5-9,12-16H2,(H,20,23). The average molecular weight is 334 g/mol. The van der Waals surface area contributed by atoms with Gasteiger partial charge in [0.1, 0.15) is 6.61 Å². The molecule has 1 saturated heterocycles. The minimum atomic E-state index is -0.114. The highest BCUT2D eigenvalue weighted by atomic mass is 16.5. The number of rotatable bonds is 9. The molecule has 134 valence electrons. The first-order chi connectivity index (χ1) is 11.8. The molecule has 1 aliphatic carbocycles. The maximum atomic E-state index is 11.8. The Morgan fingerprint density at radius 2 is 1.88 bits per heavy atom. The molecule has 0 aromatic carbocycles. The van der Waals surface area contributed by atoms with Crippen molar-refractivity contribution in [2.45, 2.75) is 57.8 Å². The summed E-state index contributed by atoms with van der Waals surface area (Å²) in [5.41, 5.74) is 1.10. The zero-order chi connectivity index (χ0) is 17.0. The number of unbranched alkanes of at least 4 members (excludes halogenated alkanes) is 3. The molecule has 1 heterocycles. The Morgan fingerprint density at radius 1 is 1.08 bits per heavy atom. The Balaban J connectivity index is 1.40. The second-order valence-corrected chi connectivity index (χ2v) is 6.51. The number of urea groups is 1. The molecule has 0 aromatic heterocycles. The molecule has 1 aliphatic heterocycles. The van der Waals surface area contributed by atoms with Crippen molar-refractivity contribution in [1.82, 2.24) is 10.2 Å². The van der Waals surface area contributed by atoms with Crippen LogP contribution in [-0.4, -0.2) is 43.1 Å². The van der Waals surface area contributed by atoms with E-state index in [0.29, 0.717) is 13.0 Å².